The summed E-state index contributed by atoms with van der Waals surface area (Å²) in [6, 6.07) is 8.82. The van der Waals surface area contributed by atoms with E-state index in [0.29, 0.717) is 18.0 Å². The van der Waals surface area contributed by atoms with Gasteiger partial charge in [0.15, 0.2) is 11.5 Å². The van der Waals surface area contributed by atoms with Crippen LogP contribution in [0.3, 0.4) is 0 Å². The zero-order chi connectivity index (χ0) is 14.5. The molecular weight excluding hydrogens is 256 g/mol. The summed E-state index contributed by atoms with van der Waals surface area (Å²) >= 11 is 0. The number of methoxy groups -OCH3 is 2. The van der Waals surface area contributed by atoms with Crippen molar-refractivity contribution in [2.24, 2.45) is 0 Å². The van der Waals surface area contributed by atoms with Crippen molar-refractivity contribution in [1.29, 1.82) is 0 Å². The molecule has 0 N–H and O–H groups in total. The van der Waals surface area contributed by atoms with Crippen LogP contribution in [0.25, 0.3) is 11.3 Å². The van der Waals surface area contributed by atoms with Crippen LogP contribution in [0.5, 0.6) is 11.5 Å². The quantitative estimate of drug-likeness (QED) is 0.839. The highest BCUT2D eigenvalue weighted by molar-refractivity contribution is 5.63. The monoisotopic (exact) mass is 274 g/mol. The van der Waals surface area contributed by atoms with Gasteiger partial charge in [-0.2, -0.15) is 5.10 Å². The Kier molecular flexibility index (Phi) is 4.40. The maximum Gasteiger partial charge on any atom is 0.266 e. The van der Waals surface area contributed by atoms with Crippen molar-refractivity contribution in [2.75, 3.05) is 14.2 Å². The fraction of sp³-hybridized carbons (Fsp3) is 0.333. The van der Waals surface area contributed by atoms with Gasteiger partial charge in [0.25, 0.3) is 5.56 Å². The smallest absolute Gasteiger partial charge is 0.266 e. The summed E-state index contributed by atoms with van der Waals surface area (Å²) in [6.45, 7) is 2.62. The van der Waals surface area contributed by atoms with E-state index in [4.69, 9.17) is 9.47 Å². The first-order valence-electron chi connectivity index (χ1n) is 6.50. The first-order valence-corrected chi connectivity index (χ1v) is 6.50. The molecule has 2 aromatic rings. The predicted molar refractivity (Wildman–Crippen MR) is 77.3 cm³/mol. The predicted octanol–water partition coefficient (Wildman–Crippen LogP) is 2.34. The second-order valence-electron chi connectivity index (χ2n) is 4.35. The highest BCUT2D eigenvalue weighted by atomic mass is 16.5. The Morgan fingerprint density at radius 2 is 1.85 bits per heavy atom. The van der Waals surface area contributed by atoms with Crippen molar-refractivity contribution < 1.29 is 9.47 Å². The van der Waals surface area contributed by atoms with Crippen LogP contribution in [0.1, 0.15) is 13.3 Å². The lowest BCUT2D eigenvalue weighted by Gasteiger charge is -2.10. The summed E-state index contributed by atoms with van der Waals surface area (Å²) in [7, 11) is 3.18. The maximum atomic E-state index is 11.7. The Balaban J connectivity index is 2.46. The molecule has 0 saturated heterocycles. The van der Waals surface area contributed by atoms with Crippen LogP contribution in [0, 0.1) is 0 Å². The van der Waals surface area contributed by atoms with E-state index < -0.39 is 0 Å². The van der Waals surface area contributed by atoms with Crippen LogP contribution in [-0.2, 0) is 6.54 Å². The molecule has 0 atom stereocenters. The van der Waals surface area contributed by atoms with Gasteiger partial charge >= 0.3 is 0 Å². The number of benzene rings is 1. The second kappa shape index (κ2) is 6.23. The van der Waals surface area contributed by atoms with Gasteiger partial charge in [0.05, 0.1) is 19.9 Å². The molecule has 0 aliphatic rings. The van der Waals surface area contributed by atoms with Gasteiger partial charge in [0.2, 0.25) is 0 Å². The Labute approximate surface area is 117 Å². The highest BCUT2D eigenvalue weighted by Gasteiger charge is 2.08. The van der Waals surface area contributed by atoms with Gasteiger partial charge in [0, 0.05) is 18.2 Å². The molecule has 0 unspecified atom stereocenters. The van der Waals surface area contributed by atoms with E-state index in [-0.39, 0.29) is 5.56 Å². The van der Waals surface area contributed by atoms with Gasteiger partial charge in [-0.3, -0.25) is 4.79 Å². The molecule has 5 heteroatoms. The molecule has 1 heterocycles. The summed E-state index contributed by atoms with van der Waals surface area (Å²) < 4.78 is 12.0. The number of hydrogen-bond donors (Lipinski definition) is 0. The summed E-state index contributed by atoms with van der Waals surface area (Å²) in [5, 5.41) is 4.37. The second-order valence-corrected chi connectivity index (χ2v) is 4.35. The van der Waals surface area contributed by atoms with Gasteiger partial charge in [-0.1, -0.05) is 6.92 Å². The lowest BCUT2D eigenvalue weighted by Crippen LogP contribution is -2.21. The average molecular weight is 274 g/mol. The molecule has 5 nitrogen and oxygen atoms in total. The zero-order valence-corrected chi connectivity index (χ0v) is 11.9. The standard InChI is InChI=1S/C15H18N2O3/c1-4-9-17-15(18)8-6-12(16-17)11-5-7-13(19-2)14(10-11)20-3/h5-8,10H,4,9H2,1-3H3. The fourth-order valence-corrected chi connectivity index (χ4v) is 1.97. The van der Waals surface area contributed by atoms with Crippen molar-refractivity contribution in [3.8, 4) is 22.8 Å². The number of rotatable bonds is 5. The number of nitrogens with zero attached hydrogens (tertiary/aromatic N) is 2. The molecule has 0 amide bonds. The van der Waals surface area contributed by atoms with Crippen molar-refractivity contribution in [3.63, 3.8) is 0 Å². The largest absolute Gasteiger partial charge is 0.493 e. The molecule has 106 valence electrons. The summed E-state index contributed by atoms with van der Waals surface area (Å²) in [5.74, 6) is 1.30. The molecule has 0 aliphatic carbocycles. The third-order valence-corrected chi connectivity index (χ3v) is 2.98. The fourth-order valence-electron chi connectivity index (χ4n) is 1.97. The molecule has 0 bridgehead atoms. The minimum Gasteiger partial charge on any atom is -0.493 e. The number of aromatic nitrogens is 2. The molecule has 0 fully saturated rings. The lowest BCUT2D eigenvalue weighted by molar-refractivity contribution is 0.355. The lowest BCUT2D eigenvalue weighted by atomic mass is 10.1. The molecule has 1 aromatic carbocycles. The normalized spacial score (nSPS) is 10.3. The highest BCUT2D eigenvalue weighted by Crippen LogP contribution is 2.31. The van der Waals surface area contributed by atoms with E-state index in [1.165, 1.54) is 10.7 Å². The Hall–Kier alpha value is -2.30. The third-order valence-electron chi connectivity index (χ3n) is 2.98. The van der Waals surface area contributed by atoms with Crippen molar-refractivity contribution in [2.45, 2.75) is 19.9 Å². The van der Waals surface area contributed by atoms with Crippen LogP contribution in [-0.4, -0.2) is 24.0 Å². The van der Waals surface area contributed by atoms with Crippen LogP contribution in [0.4, 0.5) is 0 Å². The molecule has 20 heavy (non-hydrogen) atoms. The summed E-state index contributed by atoms with van der Waals surface area (Å²) in [6.07, 6.45) is 0.863. The van der Waals surface area contributed by atoms with Gasteiger partial charge < -0.3 is 9.47 Å². The van der Waals surface area contributed by atoms with Crippen LogP contribution < -0.4 is 15.0 Å². The van der Waals surface area contributed by atoms with Gasteiger partial charge in [-0.25, -0.2) is 4.68 Å². The van der Waals surface area contributed by atoms with E-state index in [0.717, 1.165) is 17.7 Å². The maximum absolute atomic E-state index is 11.7. The molecule has 2 rings (SSSR count). The SMILES string of the molecule is CCCn1nc(-c2ccc(OC)c(OC)c2)ccc1=O. The molecular formula is C15H18N2O3. The van der Waals surface area contributed by atoms with E-state index in [1.54, 1.807) is 20.3 Å². The van der Waals surface area contributed by atoms with Crippen molar-refractivity contribution in [1.82, 2.24) is 9.78 Å². The molecule has 0 radical (unpaired) electrons. The number of ether oxygens (including phenoxy) is 2. The molecule has 0 spiro atoms. The number of aryl methyl sites for hydroxylation is 1. The first-order chi connectivity index (χ1) is 9.69. The first kappa shape index (κ1) is 14.1. The van der Waals surface area contributed by atoms with Crippen molar-refractivity contribution >= 4 is 0 Å². The molecule has 0 aliphatic heterocycles. The Bertz CT molecular complexity index is 650. The average Bonchev–Trinajstić information content (AvgIpc) is 2.49. The topological polar surface area (TPSA) is 53.4 Å². The van der Waals surface area contributed by atoms with E-state index in [9.17, 15) is 4.79 Å². The Morgan fingerprint density at radius 3 is 2.50 bits per heavy atom. The Morgan fingerprint density at radius 1 is 1.10 bits per heavy atom. The van der Waals surface area contributed by atoms with Crippen LogP contribution in [0.2, 0.25) is 0 Å². The third kappa shape index (κ3) is 2.82. The van der Waals surface area contributed by atoms with Gasteiger partial charge in [0.1, 0.15) is 0 Å². The minimum atomic E-state index is -0.0870. The molecule has 0 saturated carbocycles. The molecule has 1 aromatic heterocycles. The van der Waals surface area contributed by atoms with Gasteiger partial charge in [-0.15, -0.1) is 0 Å². The van der Waals surface area contributed by atoms with Gasteiger partial charge in [-0.05, 0) is 30.7 Å². The zero-order valence-electron chi connectivity index (χ0n) is 11.9. The summed E-state index contributed by atoms with van der Waals surface area (Å²) in [4.78, 5) is 11.7. The summed E-state index contributed by atoms with van der Waals surface area (Å²) in [5.41, 5.74) is 1.53. The van der Waals surface area contributed by atoms with Crippen LogP contribution in [0.15, 0.2) is 35.1 Å². The number of hydrogen-bond acceptors (Lipinski definition) is 4. The van der Waals surface area contributed by atoms with Crippen molar-refractivity contribution in [3.05, 3.63) is 40.7 Å². The van der Waals surface area contributed by atoms with Crippen LogP contribution >= 0.6 is 0 Å². The minimum absolute atomic E-state index is 0.0870. The van der Waals surface area contributed by atoms with E-state index >= 15 is 0 Å². The van der Waals surface area contributed by atoms with E-state index in [2.05, 4.69) is 5.10 Å². The van der Waals surface area contributed by atoms with E-state index in [1.807, 2.05) is 25.1 Å².